The number of morpholine rings is 1. The van der Waals surface area contributed by atoms with Crippen molar-refractivity contribution in [3.63, 3.8) is 0 Å². The van der Waals surface area contributed by atoms with Gasteiger partial charge in [-0.25, -0.2) is 9.82 Å². The molecule has 4 rings (SSSR count). The van der Waals surface area contributed by atoms with Crippen molar-refractivity contribution in [3.05, 3.63) is 54.1 Å². The summed E-state index contributed by atoms with van der Waals surface area (Å²) < 4.78 is 54.2. The molecule has 0 amide bonds. The highest BCUT2D eigenvalue weighted by atomic mass is 19.3. The lowest BCUT2D eigenvalue weighted by Crippen LogP contribution is -2.37. The fraction of sp³-hybridized carbons (Fsp3) is 0.360. The number of benzene rings is 2. The van der Waals surface area contributed by atoms with E-state index in [0.29, 0.717) is 50.4 Å². The van der Waals surface area contributed by atoms with E-state index >= 15 is 0 Å². The predicted molar refractivity (Wildman–Crippen MR) is 138 cm³/mol. The van der Waals surface area contributed by atoms with Crippen molar-refractivity contribution >= 4 is 29.7 Å². The predicted octanol–water partition coefficient (Wildman–Crippen LogP) is 4.63. The van der Waals surface area contributed by atoms with Crippen LogP contribution in [0.3, 0.4) is 0 Å². The molecule has 10 nitrogen and oxygen atoms in total. The van der Waals surface area contributed by atoms with Crippen LogP contribution in [0.5, 0.6) is 11.5 Å². The van der Waals surface area contributed by atoms with Crippen molar-refractivity contribution < 1.29 is 27.4 Å². The molecule has 1 aromatic heterocycles. The highest BCUT2D eigenvalue weighted by molar-refractivity contribution is 5.80. The minimum atomic E-state index is -3.90. The zero-order valence-electron chi connectivity index (χ0n) is 20.7. The van der Waals surface area contributed by atoms with E-state index in [1.807, 2.05) is 36.1 Å². The number of alkyl halides is 3. The Labute approximate surface area is 217 Å². The average molecular weight is 532 g/mol. The summed E-state index contributed by atoms with van der Waals surface area (Å²) in [6.45, 7) is 3.09. The van der Waals surface area contributed by atoms with Gasteiger partial charge in [-0.1, -0.05) is 19.1 Å². The van der Waals surface area contributed by atoms with Gasteiger partial charge in [0.15, 0.2) is 6.67 Å². The molecule has 1 saturated heterocycles. The summed E-state index contributed by atoms with van der Waals surface area (Å²) in [6.07, 6.45) is -1.61. The number of aromatic nitrogens is 3. The molecule has 0 atom stereocenters. The maximum atomic E-state index is 13.2. The van der Waals surface area contributed by atoms with E-state index in [-0.39, 0.29) is 11.7 Å². The second kappa shape index (κ2) is 12.9. The van der Waals surface area contributed by atoms with Crippen LogP contribution < -0.4 is 25.1 Å². The molecule has 13 heteroatoms. The Bertz CT molecular complexity index is 1210. The van der Waals surface area contributed by atoms with E-state index < -0.39 is 12.8 Å². The monoisotopic (exact) mass is 531 g/mol. The van der Waals surface area contributed by atoms with Crippen LogP contribution in [0.2, 0.25) is 0 Å². The molecule has 202 valence electrons. The molecule has 0 aliphatic carbocycles. The normalized spacial score (nSPS) is 13.9. The highest BCUT2D eigenvalue weighted by Gasteiger charge is 2.31. The molecule has 38 heavy (non-hydrogen) atoms. The first-order valence-corrected chi connectivity index (χ1v) is 12.0. The number of hydrazone groups is 1. The highest BCUT2D eigenvalue weighted by Crippen LogP contribution is 2.23. The fourth-order valence-electron chi connectivity index (χ4n) is 3.38. The largest absolute Gasteiger partial charge is 0.494 e. The van der Waals surface area contributed by atoms with Gasteiger partial charge in [0.1, 0.15) is 11.5 Å². The van der Waals surface area contributed by atoms with Crippen LogP contribution in [-0.2, 0) is 4.74 Å². The van der Waals surface area contributed by atoms with Crippen molar-refractivity contribution in [2.45, 2.75) is 19.5 Å². The van der Waals surface area contributed by atoms with Gasteiger partial charge in [0.05, 0.1) is 26.0 Å². The van der Waals surface area contributed by atoms with Gasteiger partial charge in [0.25, 0.3) is 0 Å². The fourth-order valence-corrected chi connectivity index (χ4v) is 3.38. The minimum Gasteiger partial charge on any atom is -0.494 e. The topological polar surface area (TPSA) is 106 Å². The Morgan fingerprint density at radius 2 is 1.82 bits per heavy atom. The second-order valence-corrected chi connectivity index (χ2v) is 8.20. The molecular formula is C25H28F3N7O3. The van der Waals surface area contributed by atoms with Crippen molar-refractivity contribution in [2.24, 2.45) is 5.10 Å². The summed E-state index contributed by atoms with van der Waals surface area (Å²) in [6, 6.07) is 13.1. The molecule has 0 unspecified atom stereocenters. The third-order valence-corrected chi connectivity index (χ3v) is 5.16. The molecule has 2 aromatic carbocycles. The summed E-state index contributed by atoms with van der Waals surface area (Å²) in [7, 11) is 0. The molecule has 1 aliphatic rings. The zero-order valence-corrected chi connectivity index (χ0v) is 20.7. The van der Waals surface area contributed by atoms with Crippen LogP contribution >= 0.6 is 0 Å². The molecule has 2 heterocycles. The summed E-state index contributed by atoms with van der Waals surface area (Å²) in [5, 5.41) is 7.28. The van der Waals surface area contributed by atoms with Gasteiger partial charge in [-0.2, -0.15) is 28.8 Å². The van der Waals surface area contributed by atoms with Gasteiger partial charge in [-0.3, -0.25) is 0 Å². The van der Waals surface area contributed by atoms with Crippen molar-refractivity contribution in [3.8, 4) is 11.5 Å². The summed E-state index contributed by atoms with van der Waals surface area (Å²) in [5.74, 6) is 1.48. The van der Waals surface area contributed by atoms with Crippen LogP contribution in [0.15, 0.2) is 53.6 Å². The third-order valence-electron chi connectivity index (χ3n) is 5.16. The van der Waals surface area contributed by atoms with Crippen LogP contribution in [0, 0.1) is 0 Å². The molecule has 0 saturated carbocycles. The number of anilines is 4. The standard InChI is InChI=1S/C25H28F3N7O3/c1-2-12-37-20-8-6-19(7-9-20)30-22-31-23(33-24(32-22)35-10-13-36-14-11-35)34-29-16-18-4-3-5-21(15-18)38-25(27,28)17-26/h3-9,15-16H,2,10-14,17H2,1H3,(H2,30,31,32,33,34)/b29-16+. The number of hydrogen-bond acceptors (Lipinski definition) is 10. The molecule has 1 fully saturated rings. The molecule has 0 bridgehead atoms. The Morgan fingerprint density at radius 3 is 2.55 bits per heavy atom. The van der Waals surface area contributed by atoms with Crippen molar-refractivity contribution in [2.75, 3.05) is 55.2 Å². The summed E-state index contributed by atoms with van der Waals surface area (Å²) in [4.78, 5) is 15.4. The number of rotatable bonds is 12. The van der Waals surface area contributed by atoms with Gasteiger partial charge in [-0.05, 0) is 48.4 Å². The van der Waals surface area contributed by atoms with E-state index in [4.69, 9.17) is 9.47 Å². The molecule has 1 aliphatic heterocycles. The van der Waals surface area contributed by atoms with Gasteiger partial charge in [0, 0.05) is 18.8 Å². The van der Waals surface area contributed by atoms with E-state index in [1.54, 1.807) is 6.07 Å². The molecule has 2 N–H and O–H groups in total. The maximum absolute atomic E-state index is 13.2. The van der Waals surface area contributed by atoms with Gasteiger partial charge < -0.3 is 24.4 Å². The van der Waals surface area contributed by atoms with Gasteiger partial charge in [0.2, 0.25) is 17.8 Å². The SMILES string of the molecule is CCCOc1ccc(Nc2nc(N/N=C/c3cccc(OC(F)(F)CF)c3)nc(N3CCOCC3)n2)cc1. The second-order valence-electron chi connectivity index (χ2n) is 8.20. The van der Waals surface area contributed by atoms with Gasteiger partial charge in [-0.15, -0.1) is 0 Å². The Morgan fingerprint density at radius 1 is 1.05 bits per heavy atom. The first kappa shape index (κ1) is 26.9. The summed E-state index contributed by atoms with van der Waals surface area (Å²) in [5.41, 5.74) is 3.94. The molecule has 0 spiro atoms. The minimum absolute atomic E-state index is 0.166. The van der Waals surface area contributed by atoms with Crippen LogP contribution in [0.4, 0.5) is 36.7 Å². The number of halogens is 3. The van der Waals surface area contributed by atoms with Crippen LogP contribution in [0.1, 0.15) is 18.9 Å². The zero-order chi connectivity index (χ0) is 26.8. The molecular weight excluding hydrogens is 503 g/mol. The first-order chi connectivity index (χ1) is 18.4. The van der Waals surface area contributed by atoms with Crippen molar-refractivity contribution in [1.82, 2.24) is 15.0 Å². The Balaban J connectivity index is 1.49. The van der Waals surface area contributed by atoms with E-state index in [9.17, 15) is 13.2 Å². The average Bonchev–Trinajstić information content (AvgIpc) is 2.93. The lowest BCUT2D eigenvalue weighted by molar-refractivity contribution is -0.186. The van der Waals surface area contributed by atoms with Gasteiger partial charge >= 0.3 is 6.11 Å². The molecule has 0 radical (unpaired) electrons. The number of nitrogens with one attached hydrogen (secondary N) is 2. The van der Waals surface area contributed by atoms with E-state index in [1.165, 1.54) is 24.4 Å². The van der Waals surface area contributed by atoms with Crippen molar-refractivity contribution in [1.29, 1.82) is 0 Å². The number of nitrogens with zero attached hydrogens (tertiary/aromatic N) is 5. The first-order valence-electron chi connectivity index (χ1n) is 12.0. The smallest absolute Gasteiger partial charge is 0.427 e. The Hall–Kier alpha value is -4.13. The van der Waals surface area contributed by atoms with Crippen LogP contribution in [-0.4, -0.2) is 66.9 Å². The maximum Gasteiger partial charge on any atom is 0.427 e. The third kappa shape index (κ3) is 7.93. The lowest BCUT2D eigenvalue weighted by atomic mass is 10.2. The number of hydrogen-bond donors (Lipinski definition) is 2. The Kier molecular flexibility index (Phi) is 9.14. The number of ether oxygens (including phenoxy) is 3. The van der Waals surface area contributed by atoms with Crippen LogP contribution in [0.25, 0.3) is 0 Å². The molecule has 3 aromatic rings. The summed E-state index contributed by atoms with van der Waals surface area (Å²) >= 11 is 0. The van der Waals surface area contributed by atoms with E-state index in [0.717, 1.165) is 17.9 Å². The lowest BCUT2D eigenvalue weighted by Gasteiger charge is -2.27. The quantitative estimate of drug-likeness (QED) is 0.256. The van der Waals surface area contributed by atoms with E-state index in [2.05, 4.69) is 35.5 Å².